The Morgan fingerprint density at radius 1 is 1.09 bits per heavy atom. The van der Waals surface area contributed by atoms with Gasteiger partial charge in [0.15, 0.2) is 5.82 Å². The first-order valence-electron chi connectivity index (χ1n) is 6.86. The molecule has 114 valence electrons. The quantitative estimate of drug-likeness (QED) is 0.667. The van der Waals surface area contributed by atoms with E-state index < -0.39 is 0 Å². The molecule has 4 nitrogen and oxygen atoms in total. The smallest absolute Gasteiger partial charge is 0.156 e. The number of nitrogens with two attached hydrogens (primary N) is 2. The summed E-state index contributed by atoms with van der Waals surface area (Å²) >= 11 is 5.93. The van der Waals surface area contributed by atoms with E-state index in [1.807, 2.05) is 67.4 Å². The highest BCUT2D eigenvalue weighted by Gasteiger charge is 2.12. The van der Waals surface area contributed by atoms with Gasteiger partial charge in [-0.15, -0.1) is 0 Å². The van der Waals surface area contributed by atoms with Crippen LogP contribution in [0.3, 0.4) is 0 Å². The van der Waals surface area contributed by atoms with Gasteiger partial charge in [-0.05, 0) is 43.3 Å². The number of rotatable bonds is 4. The Morgan fingerprint density at radius 3 is 2.23 bits per heavy atom. The lowest BCUT2D eigenvalue weighted by Crippen LogP contribution is -2.19. The minimum absolute atomic E-state index is 0.579. The molecule has 0 saturated carbocycles. The Labute approximate surface area is 135 Å². The molecule has 0 unspecified atom stereocenters. The van der Waals surface area contributed by atoms with Crippen molar-refractivity contribution in [2.45, 2.75) is 6.92 Å². The van der Waals surface area contributed by atoms with Gasteiger partial charge in [0, 0.05) is 35.2 Å². The van der Waals surface area contributed by atoms with Crippen LogP contribution in [0.1, 0.15) is 12.5 Å². The molecular weight excluding hydrogens is 296 g/mol. The molecule has 0 saturated heterocycles. The number of hydrogen-bond acceptors (Lipinski definition) is 4. The highest BCUT2D eigenvalue weighted by Crippen LogP contribution is 2.24. The summed E-state index contributed by atoms with van der Waals surface area (Å²) in [6, 6.07) is 14.9. The van der Waals surface area contributed by atoms with Crippen molar-refractivity contribution in [3.63, 3.8) is 0 Å². The number of aliphatic imine (C=N–C) groups is 1. The van der Waals surface area contributed by atoms with Crippen LogP contribution < -0.4 is 16.4 Å². The van der Waals surface area contributed by atoms with Crippen LogP contribution in [0.25, 0.3) is 5.70 Å². The number of anilines is 2. The molecule has 0 fully saturated rings. The second-order valence-corrected chi connectivity index (χ2v) is 5.22. The highest BCUT2D eigenvalue weighted by atomic mass is 35.5. The molecule has 0 spiro atoms. The van der Waals surface area contributed by atoms with Crippen molar-refractivity contribution in [2.75, 3.05) is 17.7 Å². The minimum Gasteiger partial charge on any atom is -0.399 e. The van der Waals surface area contributed by atoms with Gasteiger partial charge in [-0.25, -0.2) is 4.99 Å². The van der Waals surface area contributed by atoms with Gasteiger partial charge < -0.3 is 16.4 Å². The average Bonchev–Trinajstić information content (AvgIpc) is 2.53. The Kier molecular flexibility index (Phi) is 5.07. The highest BCUT2D eigenvalue weighted by molar-refractivity contribution is 6.30. The fourth-order valence-electron chi connectivity index (χ4n) is 2.04. The van der Waals surface area contributed by atoms with E-state index in [1.54, 1.807) is 6.21 Å². The first-order chi connectivity index (χ1) is 10.5. The Bertz CT molecular complexity index is 688. The standard InChI is InChI=1S/C17H19ClN4/c1-3-21-17(16(20)12-4-8-14(19)9-5-12)22(2)15-10-6-13(18)7-11-15/h3-11H,19-20H2,1-2H3/b17-16+,21-3?. The molecule has 2 aromatic carbocycles. The molecule has 0 bridgehead atoms. The molecule has 22 heavy (non-hydrogen) atoms. The van der Waals surface area contributed by atoms with Crippen molar-refractivity contribution in [1.82, 2.24) is 0 Å². The molecule has 0 atom stereocenters. The molecule has 0 aliphatic rings. The number of hydrogen-bond donors (Lipinski definition) is 2. The van der Waals surface area contributed by atoms with E-state index in [-0.39, 0.29) is 0 Å². The molecule has 2 aromatic rings. The first kappa shape index (κ1) is 15.9. The lowest BCUT2D eigenvalue weighted by Gasteiger charge is -2.22. The summed E-state index contributed by atoms with van der Waals surface area (Å²) in [5.41, 5.74) is 15.1. The molecule has 5 heteroatoms. The van der Waals surface area contributed by atoms with E-state index in [4.69, 9.17) is 23.1 Å². The summed E-state index contributed by atoms with van der Waals surface area (Å²) in [5, 5.41) is 0.688. The lowest BCUT2D eigenvalue weighted by atomic mass is 10.1. The normalized spacial score (nSPS) is 12.3. The second kappa shape index (κ2) is 7.00. The van der Waals surface area contributed by atoms with E-state index in [2.05, 4.69) is 4.99 Å². The fraction of sp³-hybridized carbons (Fsp3) is 0.118. The van der Waals surface area contributed by atoms with Crippen LogP contribution in [0.4, 0.5) is 11.4 Å². The summed E-state index contributed by atoms with van der Waals surface area (Å²) in [5.74, 6) is 0.662. The van der Waals surface area contributed by atoms with Gasteiger partial charge in [-0.2, -0.15) is 0 Å². The molecule has 2 rings (SSSR count). The topological polar surface area (TPSA) is 67.6 Å². The van der Waals surface area contributed by atoms with Crippen LogP contribution in [0.15, 0.2) is 59.3 Å². The number of nitrogens with zero attached hydrogens (tertiary/aromatic N) is 2. The van der Waals surface area contributed by atoms with E-state index in [1.165, 1.54) is 0 Å². The van der Waals surface area contributed by atoms with E-state index in [9.17, 15) is 0 Å². The largest absolute Gasteiger partial charge is 0.399 e. The van der Waals surface area contributed by atoms with Crippen LogP contribution >= 0.6 is 11.6 Å². The SMILES string of the molecule is CC=N/C(=C(\N)c1ccc(N)cc1)N(C)c1ccc(Cl)cc1. The van der Waals surface area contributed by atoms with Gasteiger partial charge >= 0.3 is 0 Å². The maximum absolute atomic E-state index is 6.30. The summed E-state index contributed by atoms with van der Waals surface area (Å²) in [6.07, 6.45) is 1.71. The number of benzene rings is 2. The maximum Gasteiger partial charge on any atom is 0.156 e. The zero-order chi connectivity index (χ0) is 16.1. The summed E-state index contributed by atoms with van der Waals surface area (Å²) in [7, 11) is 1.91. The van der Waals surface area contributed by atoms with Crippen molar-refractivity contribution < 1.29 is 0 Å². The Morgan fingerprint density at radius 2 is 1.68 bits per heavy atom. The molecule has 0 aromatic heterocycles. The van der Waals surface area contributed by atoms with Gasteiger partial charge in [-0.3, -0.25) is 0 Å². The third kappa shape index (κ3) is 3.59. The molecule has 0 aliphatic heterocycles. The zero-order valence-electron chi connectivity index (χ0n) is 12.6. The molecule has 0 radical (unpaired) electrons. The van der Waals surface area contributed by atoms with Gasteiger partial charge in [0.05, 0.1) is 5.70 Å². The predicted molar refractivity (Wildman–Crippen MR) is 96.0 cm³/mol. The summed E-state index contributed by atoms with van der Waals surface area (Å²) in [4.78, 5) is 6.33. The third-order valence-electron chi connectivity index (χ3n) is 3.25. The first-order valence-corrected chi connectivity index (χ1v) is 7.24. The molecule has 4 N–H and O–H groups in total. The molecule has 0 amide bonds. The predicted octanol–water partition coefficient (Wildman–Crippen LogP) is 3.73. The van der Waals surface area contributed by atoms with Crippen molar-refractivity contribution >= 4 is 34.9 Å². The summed E-state index contributed by atoms with van der Waals surface area (Å²) in [6.45, 7) is 1.85. The van der Waals surface area contributed by atoms with Crippen LogP contribution in [0.2, 0.25) is 5.02 Å². The Balaban J connectivity index is 2.45. The van der Waals surface area contributed by atoms with Gasteiger partial charge in [0.25, 0.3) is 0 Å². The van der Waals surface area contributed by atoms with Gasteiger partial charge in [0.1, 0.15) is 0 Å². The lowest BCUT2D eigenvalue weighted by molar-refractivity contribution is 1.06. The van der Waals surface area contributed by atoms with Crippen LogP contribution in [-0.2, 0) is 0 Å². The fourth-order valence-corrected chi connectivity index (χ4v) is 2.16. The van der Waals surface area contributed by atoms with Gasteiger partial charge in [-0.1, -0.05) is 23.7 Å². The van der Waals surface area contributed by atoms with E-state index in [0.717, 1.165) is 11.3 Å². The van der Waals surface area contributed by atoms with E-state index in [0.29, 0.717) is 22.2 Å². The average molecular weight is 315 g/mol. The van der Waals surface area contributed by atoms with Crippen molar-refractivity contribution in [2.24, 2.45) is 10.7 Å². The van der Waals surface area contributed by atoms with Crippen molar-refractivity contribution in [3.8, 4) is 0 Å². The number of halogens is 1. The minimum atomic E-state index is 0.579. The number of nitrogen functional groups attached to an aromatic ring is 1. The zero-order valence-corrected chi connectivity index (χ0v) is 13.4. The monoisotopic (exact) mass is 314 g/mol. The molecule has 0 heterocycles. The van der Waals surface area contributed by atoms with Crippen molar-refractivity contribution in [3.05, 3.63) is 64.9 Å². The van der Waals surface area contributed by atoms with Crippen LogP contribution in [-0.4, -0.2) is 13.3 Å². The van der Waals surface area contributed by atoms with E-state index >= 15 is 0 Å². The molecular formula is C17H19ClN4. The van der Waals surface area contributed by atoms with Crippen molar-refractivity contribution in [1.29, 1.82) is 0 Å². The van der Waals surface area contributed by atoms with Crippen LogP contribution in [0.5, 0.6) is 0 Å². The van der Waals surface area contributed by atoms with Gasteiger partial charge in [0.2, 0.25) is 0 Å². The maximum atomic E-state index is 6.30. The third-order valence-corrected chi connectivity index (χ3v) is 3.50. The molecule has 0 aliphatic carbocycles. The second-order valence-electron chi connectivity index (χ2n) is 4.78. The summed E-state index contributed by atoms with van der Waals surface area (Å²) < 4.78 is 0. The van der Waals surface area contributed by atoms with Crippen LogP contribution in [0, 0.1) is 0 Å². The Hall–Kier alpha value is -2.46.